The largest absolute Gasteiger partial charge is 0.282 e. The van der Waals surface area contributed by atoms with Crippen molar-refractivity contribution in [3.63, 3.8) is 0 Å². The molecule has 0 fully saturated rings. The number of pyridine rings is 1. The molecule has 0 saturated heterocycles. The Hall–Kier alpha value is -1.40. The van der Waals surface area contributed by atoms with Crippen molar-refractivity contribution in [3.8, 4) is 0 Å². The van der Waals surface area contributed by atoms with Gasteiger partial charge in [0.2, 0.25) is 0 Å². The molecule has 3 rings (SSSR count). The van der Waals surface area contributed by atoms with E-state index in [1.54, 1.807) is 19.2 Å². The molecule has 3 aromatic heterocycles. The first-order chi connectivity index (χ1) is 8.59. The average Bonchev–Trinajstić information content (AvgIpc) is 2.70. The average molecular weight is 286 g/mol. The predicted molar refractivity (Wildman–Crippen MR) is 67.4 cm³/mol. The van der Waals surface area contributed by atoms with E-state index < -0.39 is 6.43 Å². The Morgan fingerprint density at radius 1 is 1.33 bits per heavy atom. The molecule has 0 amide bonds. The van der Waals surface area contributed by atoms with Crippen LogP contribution in [-0.4, -0.2) is 15.2 Å². The third kappa shape index (κ3) is 1.56. The number of fused-ring (bicyclic) bond motifs is 3. The number of halogens is 3. The van der Waals surface area contributed by atoms with E-state index in [0.29, 0.717) is 20.9 Å². The van der Waals surface area contributed by atoms with Crippen molar-refractivity contribution >= 4 is 43.2 Å². The molecular formula is C11H6ClF2N3S. The molecule has 3 nitrogen and oxygen atoms in total. The molecule has 0 aliphatic rings. The van der Waals surface area contributed by atoms with Crippen molar-refractivity contribution in [3.05, 3.63) is 28.7 Å². The van der Waals surface area contributed by atoms with Crippen LogP contribution in [0.4, 0.5) is 8.78 Å². The molecule has 92 valence electrons. The van der Waals surface area contributed by atoms with Gasteiger partial charge in [-0.25, -0.2) is 13.8 Å². The highest BCUT2D eigenvalue weighted by Crippen LogP contribution is 2.38. The summed E-state index contributed by atoms with van der Waals surface area (Å²) in [4.78, 5) is 4.57. The van der Waals surface area contributed by atoms with Crippen LogP contribution in [0, 0.1) is 6.92 Å². The minimum atomic E-state index is -2.63. The van der Waals surface area contributed by atoms with E-state index in [1.165, 1.54) is 11.3 Å². The topological polar surface area (TPSA) is 38.7 Å². The molecule has 0 aliphatic heterocycles. The maximum atomic E-state index is 12.8. The molecule has 0 aliphatic carbocycles. The lowest BCUT2D eigenvalue weighted by molar-refractivity contribution is 0.144. The highest BCUT2D eigenvalue weighted by Gasteiger charge is 2.19. The number of aryl methyl sites for hydroxylation is 1. The third-order valence-corrected chi connectivity index (χ3v) is 4.25. The van der Waals surface area contributed by atoms with Crippen molar-refractivity contribution < 1.29 is 8.78 Å². The molecule has 0 spiro atoms. The van der Waals surface area contributed by atoms with Gasteiger partial charge in [-0.3, -0.25) is 0 Å². The molecule has 7 heteroatoms. The Morgan fingerprint density at radius 2 is 2.11 bits per heavy atom. The van der Waals surface area contributed by atoms with Crippen LogP contribution >= 0.6 is 22.9 Å². The number of hydrogen-bond donors (Lipinski definition) is 0. The Labute approximate surface area is 109 Å². The fourth-order valence-electron chi connectivity index (χ4n) is 1.92. The molecule has 3 heterocycles. The van der Waals surface area contributed by atoms with Gasteiger partial charge >= 0.3 is 0 Å². The molecule has 0 saturated carbocycles. The highest BCUT2D eigenvalue weighted by molar-refractivity contribution is 7.26. The van der Waals surface area contributed by atoms with Crippen LogP contribution < -0.4 is 0 Å². The molecule has 0 N–H and O–H groups in total. The van der Waals surface area contributed by atoms with Crippen LogP contribution in [0.2, 0.25) is 5.15 Å². The molecule has 0 radical (unpaired) electrons. The lowest BCUT2D eigenvalue weighted by atomic mass is 10.1. The van der Waals surface area contributed by atoms with Crippen molar-refractivity contribution in [2.24, 2.45) is 0 Å². The second-order valence-electron chi connectivity index (χ2n) is 3.77. The Morgan fingerprint density at radius 3 is 2.83 bits per heavy atom. The van der Waals surface area contributed by atoms with Crippen LogP contribution in [0.25, 0.3) is 20.3 Å². The van der Waals surface area contributed by atoms with Crippen molar-refractivity contribution in [1.82, 2.24) is 15.2 Å². The van der Waals surface area contributed by atoms with Gasteiger partial charge in [-0.2, -0.15) is 0 Å². The van der Waals surface area contributed by atoms with Gasteiger partial charge in [0.15, 0.2) is 0 Å². The van der Waals surface area contributed by atoms with E-state index in [2.05, 4.69) is 15.2 Å². The first-order valence-corrected chi connectivity index (χ1v) is 6.27. The smallest absolute Gasteiger partial charge is 0.243 e. The van der Waals surface area contributed by atoms with Gasteiger partial charge in [0.25, 0.3) is 6.43 Å². The summed E-state index contributed by atoms with van der Waals surface area (Å²) in [5.41, 5.74) is 0.165. The normalized spacial score (nSPS) is 11.8. The summed E-state index contributed by atoms with van der Waals surface area (Å²) in [6.07, 6.45) is -1.08. The zero-order valence-electron chi connectivity index (χ0n) is 9.12. The number of alkyl halides is 2. The Balaban J connectivity index is 2.50. The summed E-state index contributed by atoms with van der Waals surface area (Å²) in [7, 11) is 0. The second-order valence-corrected chi connectivity index (χ2v) is 5.13. The van der Waals surface area contributed by atoms with E-state index in [-0.39, 0.29) is 5.69 Å². The zero-order chi connectivity index (χ0) is 12.9. The summed E-state index contributed by atoms with van der Waals surface area (Å²) < 4.78 is 26.4. The quantitative estimate of drug-likeness (QED) is 0.631. The molecule has 3 aromatic rings. The van der Waals surface area contributed by atoms with Gasteiger partial charge in [-0.15, -0.1) is 21.5 Å². The number of hydrogen-bond acceptors (Lipinski definition) is 4. The molecule has 18 heavy (non-hydrogen) atoms. The summed E-state index contributed by atoms with van der Waals surface area (Å²) in [6.45, 7) is 1.62. The van der Waals surface area contributed by atoms with E-state index in [9.17, 15) is 8.78 Å². The Kier molecular flexibility index (Phi) is 2.64. The fourth-order valence-corrected chi connectivity index (χ4v) is 3.25. The van der Waals surface area contributed by atoms with Crippen LogP contribution in [0.1, 0.15) is 17.7 Å². The predicted octanol–water partition coefficient (Wildman–Crippen LogP) is 4.14. The maximum Gasteiger partial charge on any atom is 0.282 e. The van der Waals surface area contributed by atoms with Crippen molar-refractivity contribution in [2.45, 2.75) is 13.3 Å². The van der Waals surface area contributed by atoms with Crippen LogP contribution in [0.5, 0.6) is 0 Å². The third-order valence-electron chi connectivity index (χ3n) is 2.76. The molecular weight excluding hydrogens is 280 g/mol. The summed E-state index contributed by atoms with van der Waals surface area (Å²) in [6, 6.07) is 1.75. The van der Waals surface area contributed by atoms with Crippen LogP contribution in [0.15, 0.2) is 12.3 Å². The molecule has 0 aromatic carbocycles. The summed E-state index contributed by atoms with van der Waals surface area (Å²) >= 11 is 7.30. The van der Waals surface area contributed by atoms with Crippen LogP contribution in [0.3, 0.4) is 0 Å². The minimum absolute atomic E-state index is 0.282. The minimum Gasteiger partial charge on any atom is -0.243 e. The molecule has 0 bridgehead atoms. The SMILES string of the molecule is Cc1c(C(F)F)nnc2sc3c(Cl)nccc3c12. The number of aromatic nitrogens is 3. The highest BCUT2D eigenvalue weighted by atomic mass is 35.5. The van der Waals surface area contributed by atoms with E-state index in [4.69, 9.17) is 11.6 Å². The summed E-state index contributed by atoms with van der Waals surface area (Å²) in [5, 5.41) is 9.26. The van der Waals surface area contributed by atoms with E-state index >= 15 is 0 Å². The lowest BCUT2D eigenvalue weighted by Gasteiger charge is -2.03. The van der Waals surface area contributed by atoms with Crippen LogP contribution in [-0.2, 0) is 0 Å². The molecule has 0 atom stereocenters. The fraction of sp³-hybridized carbons (Fsp3) is 0.182. The van der Waals surface area contributed by atoms with Gasteiger partial charge < -0.3 is 0 Å². The van der Waals surface area contributed by atoms with Gasteiger partial charge in [0.05, 0.1) is 4.70 Å². The second kappa shape index (κ2) is 4.07. The van der Waals surface area contributed by atoms with Gasteiger partial charge in [0, 0.05) is 17.0 Å². The van der Waals surface area contributed by atoms with E-state index in [0.717, 1.165) is 10.1 Å². The number of thiophene rings is 1. The van der Waals surface area contributed by atoms with Gasteiger partial charge in [0.1, 0.15) is 15.7 Å². The lowest BCUT2D eigenvalue weighted by Crippen LogP contribution is -1.97. The first kappa shape index (κ1) is 11.7. The Bertz CT molecular complexity index is 757. The maximum absolute atomic E-state index is 12.8. The molecule has 0 unspecified atom stereocenters. The first-order valence-electron chi connectivity index (χ1n) is 5.07. The van der Waals surface area contributed by atoms with E-state index in [1.807, 2.05) is 0 Å². The zero-order valence-corrected chi connectivity index (χ0v) is 10.7. The monoisotopic (exact) mass is 285 g/mol. The van der Waals surface area contributed by atoms with Gasteiger partial charge in [-0.05, 0) is 18.6 Å². The number of rotatable bonds is 1. The standard InChI is InChI=1S/C11H6ClF2N3S/c1-4-6-5-2-3-15-9(12)8(5)18-11(6)17-16-7(4)10(13)14/h2-3,10H,1H3. The van der Waals surface area contributed by atoms with Crippen molar-refractivity contribution in [2.75, 3.05) is 0 Å². The summed E-state index contributed by atoms with van der Waals surface area (Å²) in [5.74, 6) is 0. The van der Waals surface area contributed by atoms with Gasteiger partial charge in [-0.1, -0.05) is 11.6 Å². The van der Waals surface area contributed by atoms with Crippen molar-refractivity contribution in [1.29, 1.82) is 0 Å². The number of nitrogens with zero attached hydrogens (tertiary/aromatic N) is 3.